The highest BCUT2D eigenvalue weighted by Gasteiger charge is 2.19. The maximum Gasteiger partial charge on any atom is 0.233 e. The Bertz CT molecular complexity index is 610. The zero-order valence-corrected chi connectivity index (χ0v) is 14.2. The van der Waals surface area contributed by atoms with Gasteiger partial charge in [0.2, 0.25) is 5.91 Å². The van der Waals surface area contributed by atoms with Crippen LogP contribution < -0.4 is 5.32 Å². The number of amides is 1. The summed E-state index contributed by atoms with van der Waals surface area (Å²) in [6.45, 7) is 5.94. The van der Waals surface area contributed by atoms with E-state index >= 15 is 0 Å². The third kappa shape index (κ3) is 4.32. The Morgan fingerprint density at radius 2 is 2.00 bits per heavy atom. The van der Waals surface area contributed by atoms with Gasteiger partial charge in [-0.15, -0.1) is 11.3 Å². The highest BCUT2D eigenvalue weighted by molar-refractivity contribution is 7.81. The predicted octanol–water partition coefficient (Wildman–Crippen LogP) is 3.48. The quantitative estimate of drug-likeness (QED) is 0.828. The first-order valence-corrected chi connectivity index (χ1v) is 8.27. The Morgan fingerprint density at radius 1 is 1.33 bits per heavy atom. The maximum atomic E-state index is 12.2. The number of nitrogens with one attached hydrogen (secondary N) is 1. The molecule has 0 spiro atoms. The van der Waals surface area contributed by atoms with E-state index in [9.17, 15) is 4.79 Å². The number of rotatable bonds is 5. The topological polar surface area (TPSA) is 42.0 Å². The summed E-state index contributed by atoms with van der Waals surface area (Å²) in [5, 5.41) is 3.71. The summed E-state index contributed by atoms with van der Waals surface area (Å²) < 4.78 is 0. The van der Waals surface area contributed by atoms with Crippen molar-refractivity contribution in [2.24, 2.45) is 0 Å². The zero-order valence-electron chi connectivity index (χ0n) is 12.5. The van der Waals surface area contributed by atoms with Crippen LogP contribution in [0.1, 0.15) is 34.1 Å². The second-order valence-electron chi connectivity index (χ2n) is 5.12. The molecule has 0 saturated carbocycles. The van der Waals surface area contributed by atoms with Crippen LogP contribution in [0.4, 0.5) is 0 Å². The molecule has 21 heavy (non-hydrogen) atoms. The summed E-state index contributed by atoms with van der Waals surface area (Å²) in [5.74, 6) is -0.0415. The summed E-state index contributed by atoms with van der Waals surface area (Å²) in [6, 6.07) is 9.90. The van der Waals surface area contributed by atoms with Gasteiger partial charge in [0.15, 0.2) is 0 Å². The van der Waals surface area contributed by atoms with Crippen molar-refractivity contribution in [3.05, 3.63) is 51.5 Å². The summed E-state index contributed by atoms with van der Waals surface area (Å²) in [6.07, 6.45) is 0.628. The van der Waals surface area contributed by atoms with Gasteiger partial charge in [0.1, 0.15) is 0 Å². The summed E-state index contributed by atoms with van der Waals surface area (Å²) in [4.78, 5) is 17.8. The fourth-order valence-electron chi connectivity index (χ4n) is 2.25. The van der Waals surface area contributed by atoms with Crippen LogP contribution in [0.3, 0.4) is 0 Å². The minimum Gasteiger partial charge on any atom is -0.348 e. The van der Waals surface area contributed by atoms with Gasteiger partial charge in [-0.25, -0.2) is 4.98 Å². The summed E-state index contributed by atoms with van der Waals surface area (Å²) in [5.41, 5.74) is 2.11. The lowest BCUT2D eigenvalue weighted by Crippen LogP contribution is -2.34. The van der Waals surface area contributed by atoms with Gasteiger partial charge < -0.3 is 5.32 Å². The van der Waals surface area contributed by atoms with Crippen molar-refractivity contribution in [3.8, 4) is 0 Å². The van der Waals surface area contributed by atoms with Crippen LogP contribution in [0.5, 0.6) is 0 Å². The van der Waals surface area contributed by atoms with Gasteiger partial charge in [0.05, 0.1) is 22.0 Å². The van der Waals surface area contributed by atoms with E-state index in [1.807, 2.05) is 51.1 Å². The van der Waals surface area contributed by atoms with E-state index in [-0.39, 0.29) is 17.2 Å². The largest absolute Gasteiger partial charge is 0.348 e. The molecule has 1 heterocycles. The number of aryl methyl sites for hydroxylation is 2. The van der Waals surface area contributed by atoms with E-state index in [0.717, 1.165) is 21.1 Å². The molecule has 0 radical (unpaired) electrons. The average Bonchev–Trinajstić information content (AvgIpc) is 2.78. The molecule has 1 amide bonds. The van der Waals surface area contributed by atoms with Crippen molar-refractivity contribution in [2.75, 3.05) is 0 Å². The molecule has 112 valence electrons. The Kier molecular flexibility index (Phi) is 5.42. The van der Waals surface area contributed by atoms with Gasteiger partial charge in [-0.1, -0.05) is 30.3 Å². The fourth-order valence-corrected chi connectivity index (χ4v) is 3.47. The van der Waals surface area contributed by atoms with Gasteiger partial charge >= 0.3 is 0 Å². The Balaban J connectivity index is 1.96. The Morgan fingerprint density at radius 3 is 2.57 bits per heavy atom. The van der Waals surface area contributed by atoms with Crippen molar-refractivity contribution >= 4 is 29.9 Å². The van der Waals surface area contributed by atoms with Crippen LogP contribution in [-0.2, 0) is 11.2 Å². The molecule has 0 aliphatic heterocycles. The van der Waals surface area contributed by atoms with Crippen LogP contribution in [0.15, 0.2) is 30.3 Å². The van der Waals surface area contributed by atoms with Gasteiger partial charge in [-0.05, 0) is 32.8 Å². The molecular formula is C16H20N2OS2. The molecule has 1 N–H and O–H groups in total. The standard InChI is InChI=1S/C16H20N2OS2/c1-10-15(21-12(3)17-10)11(2)18-16(19)14(20)9-13-7-5-4-6-8-13/h4-8,11,14,20H,9H2,1-3H3,(H,18,19). The fraction of sp³-hybridized carbons (Fsp3) is 0.375. The van der Waals surface area contributed by atoms with Crippen molar-refractivity contribution in [1.29, 1.82) is 0 Å². The summed E-state index contributed by atoms with van der Waals surface area (Å²) >= 11 is 6.06. The second kappa shape index (κ2) is 7.09. The SMILES string of the molecule is Cc1nc(C)c(C(C)NC(=O)C(S)Cc2ccccc2)s1. The van der Waals surface area contributed by atoms with E-state index in [1.165, 1.54) is 0 Å². The molecule has 3 nitrogen and oxygen atoms in total. The van der Waals surface area contributed by atoms with E-state index in [1.54, 1.807) is 11.3 Å². The smallest absolute Gasteiger partial charge is 0.233 e. The monoisotopic (exact) mass is 320 g/mol. The number of thiazole rings is 1. The second-order valence-corrected chi connectivity index (χ2v) is 6.98. The predicted molar refractivity (Wildman–Crippen MR) is 91.1 cm³/mol. The average molecular weight is 320 g/mol. The highest BCUT2D eigenvalue weighted by Crippen LogP contribution is 2.24. The zero-order chi connectivity index (χ0) is 15.4. The normalized spacial score (nSPS) is 13.7. The number of benzene rings is 1. The molecule has 2 rings (SSSR count). The van der Waals surface area contributed by atoms with Crippen LogP contribution in [-0.4, -0.2) is 16.1 Å². The number of aromatic nitrogens is 1. The van der Waals surface area contributed by atoms with Gasteiger partial charge in [-0.3, -0.25) is 4.79 Å². The summed E-state index contributed by atoms with van der Waals surface area (Å²) in [7, 11) is 0. The van der Waals surface area contributed by atoms with Gasteiger partial charge in [0.25, 0.3) is 0 Å². The molecule has 2 unspecified atom stereocenters. The third-order valence-corrected chi connectivity index (χ3v) is 4.94. The lowest BCUT2D eigenvalue weighted by atomic mass is 10.1. The number of carbonyl (C=O) groups is 1. The van der Waals surface area contributed by atoms with E-state index in [0.29, 0.717) is 6.42 Å². The van der Waals surface area contributed by atoms with Crippen LogP contribution >= 0.6 is 24.0 Å². The maximum absolute atomic E-state index is 12.2. The lowest BCUT2D eigenvalue weighted by Gasteiger charge is -2.16. The van der Waals surface area contributed by atoms with Crippen LogP contribution in [0, 0.1) is 13.8 Å². The number of carbonyl (C=O) groups excluding carboxylic acids is 1. The molecule has 1 aromatic carbocycles. The van der Waals surface area contributed by atoms with E-state index in [2.05, 4.69) is 22.9 Å². The molecular weight excluding hydrogens is 300 g/mol. The minimum absolute atomic E-state index is 0.0332. The molecule has 5 heteroatoms. The van der Waals surface area contributed by atoms with Crippen LogP contribution in [0.2, 0.25) is 0 Å². The molecule has 0 aliphatic rings. The van der Waals surface area contributed by atoms with Crippen LogP contribution in [0.25, 0.3) is 0 Å². The number of nitrogens with zero attached hydrogens (tertiary/aromatic N) is 1. The van der Waals surface area contributed by atoms with E-state index in [4.69, 9.17) is 0 Å². The lowest BCUT2D eigenvalue weighted by molar-refractivity contribution is -0.121. The molecule has 0 saturated heterocycles. The molecule has 0 bridgehead atoms. The molecule has 1 aromatic heterocycles. The number of thiol groups is 1. The van der Waals surface area contributed by atoms with Crippen molar-refractivity contribution in [3.63, 3.8) is 0 Å². The highest BCUT2D eigenvalue weighted by atomic mass is 32.1. The van der Waals surface area contributed by atoms with Crippen molar-refractivity contribution < 1.29 is 4.79 Å². The Hall–Kier alpha value is -1.33. The number of hydrogen-bond acceptors (Lipinski definition) is 4. The Labute approximate surface area is 135 Å². The number of hydrogen-bond donors (Lipinski definition) is 2. The van der Waals surface area contributed by atoms with Crippen molar-refractivity contribution in [2.45, 2.75) is 38.5 Å². The molecule has 0 fully saturated rings. The van der Waals surface area contributed by atoms with Crippen molar-refractivity contribution in [1.82, 2.24) is 10.3 Å². The van der Waals surface area contributed by atoms with Gasteiger partial charge in [0, 0.05) is 4.88 Å². The first kappa shape index (κ1) is 16.0. The van der Waals surface area contributed by atoms with E-state index < -0.39 is 0 Å². The third-order valence-electron chi connectivity index (χ3n) is 3.27. The first-order valence-electron chi connectivity index (χ1n) is 6.93. The minimum atomic E-state index is -0.343. The molecule has 2 atom stereocenters. The molecule has 0 aliphatic carbocycles. The van der Waals surface area contributed by atoms with Gasteiger partial charge in [-0.2, -0.15) is 12.6 Å². The molecule has 2 aromatic rings. The first-order chi connectivity index (χ1) is 9.97.